The van der Waals surface area contributed by atoms with Gasteiger partial charge in [-0.3, -0.25) is 15.0 Å². The van der Waals surface area contributed by atoms with Crippen molar-refractivity contribution in [3.8, 4) is 5.75 Å². The van der Waals surface area contributed by atoms with E-state index in [1.54, 1.807) is 4.90 Å². The number of aromatic hydroxyl groups is 1. The van der Waals surface area contributed by atoms with Gasteiger partial charge in [-0.15, -0.1) is 24.8 Å². The van der Waals surface area contributed by atoms with Gasteiger partial charge in [-0.2, -0.15) is 0 Å². The van der Waals surface area contributed by atoms with Crippen molar-refractivity contribution in [3.05, 3.63) is 33.9 Å². The summed E-state index contributed by atoms with van der Waals surface area (Å²) in [7, 11) is 0. The second-order valence-electron chi connectivity index (χ2n) is 4.57. The fourth-order valence-corrected chi connectivity index (χ4v) is 2.35. The predicted molar refractivity (Wildman–Crippen MR) is 82.4 cm³/mol. The molecule has 1 aliphatic heterocycles. The lowest BCUT2D eigenvalue weighted by Crippen LogP contribution is -2.46. The van der Waals surface area contributed by atoms with Crippen LogP contribution < -0.4 is 5.32 Å². The molecule has 0 amide bonds. The van der Waals surface area contributed by atoms with Crippen molar-refractivity contribution in [1.82, 2.24) is 10.2 Å². The minimum atomic E-state index is -2.66. The summed E-state index contributed by atoms with van der Waals surface area (Å²) in [5.41, 5.74) is -0.408. The summed E-state index contributed by atoms with van der Waals surface area (Å²) in [6, 6.07) is 2.22. The van der Waals surface area contributed by atoms with Crippen molar-refractivity contribution in [2.45, 2.75) is 12.5 Å². The molecule has 6 nitrogen and oxygen atoms in total. The lowest BCUT2D eigenvalue weighted by atomic mass is 10.0. The van der Waals surface area contributed by atoms with Gasteiger partial charge in [-0.05, 0) is 11.6 Å². The van der Waals surface area contributed by atoms with Gasteiger partial charge >= 0.3 is 5.69 Å². The third-order valence-corrected chi connectivity index (χ3v) is 3.32. The van der Waals surface area contributed by atoms with Crippen LogP contribution in [0.15, 0.2) is 18.2 Å². The Balaban J connectivity index is 0.00000220. The van der Waals surface area contributed by atoms with Crippen LogP contribution >= 0.6 is 24.8 Å². The molecular weight excluding hydrogens is 343 g/mol. The Bertz CT molecular complexity index is 503. The van der Waals surface area contributed by atoms with Crippen molar-refractivity contribution in [2.75, 3.05) is 26.2 Å². The van der Waals surface area contributed by atoms with Gasteiger partial charge in [0.05, 0.1) is 11.0 Å². The van der Waals surface area contributed by atoms with Crippen molar-refractivity contribution in [3.63, 3.8) is 0 Å². The minimum absolute atomic E-state index is 0. The molecule has 0 radical (unpaired) electrons. The number of piperazine rings is 1. The maximum atomic E-state index is 13.3. The summed E-state index contributed by atoms with van der Waals surface area (Å²) in [6.45, 7) is 2.10. The number of phenolic OH excluding ortho intramolecular Hbond substituents is 1. The lowest BCUT2D eigenvalue weighted by Gasteiger charge is -2.34. The smallest absolute Gasteiger partial charge is 0.311 e. The standard InChI is InChI=1S/C12H15F2N3O3.2ClH/c13-12(14)11(16-5-3-15-4-6-16)8-1-2-10(18)9(7-8)17(19)20;;/h1-2,7,11-12,15,18H,3-6H2;2*1H/t11-;;/m1../s1. The number of nitro groups is 1. The Hall–Kier alpha value is -1.22. The summed E-state index contributed by atoms with van der Waals surface area (Å²) in [5, 5.41) is 23.2. The van der Waals surface area contributed by atoms with Crippen LogP contribution in [0.2, 0.25) is 0 Å². The molecule has 0 bridgehead atoms. The van der Waals surface area contributed by atoms with Crippen molar-refractivity contribution >= 4 is 30.5 Å². The van der Waals surface area contributed by atoms with Crippen molar-refractivity contribution in [1.29, 1.82) is 0 Å². The number of alkyl halides is 2. The highest BCUT2D eigenvalue weighted by molar-refractivity contribution is 5.85. The first kappa shape index (κ1) is 20.8. The highest BCUT2D eigenvalue weighted by Crippen LogP contribution is 2.34. The molecule has 0 aromatic heterocycles. The first-order valence-electron chi connectivity index (χ1n) is 6.21. The van der Waals surface area contributed by atoms with E-state index in [9.17, 15) is 24.0 Å². The zero-order chi connectivity index (χ0) is 14.7. The largest absolute Gasteiger partial charge is 0.502 e. The van der Waals surface area contributed by atoms with E-state index in [-0.39, 0.29) is 30.4 Å². The number of hydrogen-bond acceptors (Lipinski definition) is 5. The Morgan fingerprint density at radius 2 is 1.86 bits per heavy atom. The molecule has 1 heterocycles. The van der Waals surface area contributed by atoms with Gasteiger partial charge < -0.3 is 10.4 Å². The van der Waals surface area contributed by atoms with Gasteiger partial charge in [0.25, 0.3) is 6.43 Å². The molecule has 1 fully saturated rings. The lowest BCUT2D eigenvalue weighted by molar-refractivity contribution is -0.386. The van der Waals surface area contributed by atoms with Crippen molar-refractivity contribution in [2.24, 2.45) is 0 Å². The summed E-state index contributed by atoms with van der Waals surface area (Å²) < 4.78 is 26.6. The first-order chi connectivity index (χ1) is 9.50. The molecule has 10 heteroatoms. The number of nitrogens with zero attached hydrogens (tertiary/aromatic N) is 2. The van der Waals surface area contributed by atoms with Crippen LogP contribution in [0.3, 0.4) is 0 Å². The fraction of sp³-hybridized carbons (Fsp3) is 0.500. The maximum Gasteiger partial charge on any atom is 0.311 e. The Labute approximate surface area is 138 Å². The zero-order valence-electron chi connectivity index (χ0n) is 11.4. The zero-order valence-corrected chi connectivity index (χ0v) is 13.1. The third kappa shape index (κ3) is 4.64. The summed E-state index contributed by atoms with van der Waals surface area (Å²) in [5.74, 6) is -0.521. The average Bonchev–Trinajstić information content (AvgIpc) is 2.41. The van der Waals surface area contributed by atoms with Crippen LogP contribution in [0.25, 0.3) is 0 Å². The first-order valence-corrected chi connectivity index (χ1v) is 6.21. The highest BCUT2D eigenvalue weighted by atomic mass is 35.5. The van der Waals surface area contributed by atoms with Crippen LogP contribution in [-0.4, -0.2) is 47.5 Å². The van der Waals surface area contributed by atoms with Crippen molar-refractivity contribution < 1.29 is 18.8 Å². The number of rotatable bonds is 4. The topological polar surface area (TPSA) is 78.6 Å². The van der Waals surface area contributed by atoms with Gasteiger partial charge in [0.15, 0.2) is 5.75 Å². The van der Waals surface area contributed by atoms with E-state index in [1.165, 1.54) is 6.07 Å². The molecule has 0 saturated carbocycles. The van der Waals surface area contributed by atoms with Gasteiger partial charge in [-0.1, -0.05) is 6.07 Å². The molecular formula is C12H17Cl2F2N3O3. The monoisotopic (exact) mass is 359 g/mol. The molecule has 1 aliphatic rings. The van der Waals surface area contributed by atoms with Crippen LogP contribution in [0.4, 0.5) is 14.5 Å². The highest BCUT2D eigenvalue weighted by Gasteiger charge is 2.31. The quantitative estimate of drug-likeness (QED) is 0.637. The second kappa shape index (κ2) is 9.04. The van der Waals surface area contributed by atoms with E-state index >= 15 is 0 Å². The Kier molecular flexibility index (Phi) is 8.54. The maximum absolute atomic E-state index is 13.3. The van der Waals surface area contributed by atoms with E-state index in [4.69, 9.17) is 0 Å². The summed E-state index contributed by atoms with van der Waals surface area (Å²) in [6.07, 6.45) is -2.66. The summed E-state index contributed by atoms with van der Waals surface area (Å²) >= 11 is 0. The van der Waals surface area contributed by atoms with Gasteiger partial charge in [0.1, 0.15) is 0 Å². The van der Waals surface area contributed by atoms with Gasteiger partial charge in [0.2, 0.25) is 0 Å². The molecule has 1 atom stereocenters. The summed E-state index contributed by atoms with van der Waals surface area (Å²) in [4.78, 5) is 11.6. The predicted octanol–water partition coefficient (Wildman–Crippen LogP) is 2.36. The van der Waals surface area contributed by atoms with E-state index in [2.05, 4.69) is 5.32 Å². The van der Waals surface area contributed by atoms with Crippen LogP contribution in [0.5, 0.6) is 5.75 Å². The molecule has 2 rings (SSSR count). The molecule has 0 unspecified atom stereocenters. The molecule has 0 aliphatic carbocycles. The Morgan fingerprint density at radius 3 is 2.36 bits per heavy atom. The SMILES string of the molecule is Cl.Cl.O=[N+]([O-])c1cc([C@H](C(F)F)N2CCNCC2)ccc1O. The van der Waals surface area contributed by atoms with Crippen LogP contribution in [-0.2, 0) is 0 Å². The average molecular weight is 360 g/mol. The molecule has 0 spiro atoms. The molecule has 22 heavy (non-hydrogen) atoms. The van der Waals surface area contributed by atoms with E-state index in [0.29, 0.717) is 26.2 Å². The number of hydrogen-bond donors (Lipinski definition) is 2. The number of benzene rings is 1. The number of nitro benzene ring substituents is 1. The normalized spacial score (nSPS) is 16.5. The molecule has 2 N–H and O–H groups in total. The fourth-order valence-electron chi connectivity index (χ4n) is 2.35. The van der Waals surface area contributed by atoms with E-state index in [0.717, 1.165) is 12.1 Å². The minimum Gasteiger partial charge on any atom is -0.502 e. The molecule has 1 saturated heterocycles. The molecule has 126 valence electrons. The van der Waals surface area contributed by atoms with E-state index < -0.39 is 28.8 Å². The van der Waals surface area contributed by atoms with Crippen LogP contribution in [0, 0.1) is 10.1 Å². The Morgan fingerprint density at radius 1 is 1.27 bits per heavy atom. The second-order valence-corrected chi connectivity index (χ2v) is 4.57. The van der Waals surface area contributed by atoms with Gasteiger partial charge in [0, 0.05) is 32.2 Å². The van der Waals surface area contributed by atoms with E-state index in [1.807, 2.05) is 0 Å². The molecule has 1 aromatic carbocycles. The third-order valence-electron chi connectivity index (χ3n) is 3.32. The number of nitrogens with one attached hydrogen (secondary N) is 1. The number of phenols is 1. The van der Waals surface area contributed by atoms with Gasteiger partial charge in [-0.25, -0.2) is 8.78 Å². The molecule has 1 aromatic rings. The van der Waals surface area contributed by atoms with Crippen LogP contribution in [0.1, 0.15) is 11.6 Å². The number of halogens is 4.